The van der Waals surface area contributed by atoms with E-state index in [1.165, 1.54) is 22.3 Å². The van der Waals surface area contributed by atoms with Gasteiger partial charge in [-0.3, -0.25) is 0 Å². The van der Waals surface area contributed by atoms with Gasteiger partial charge in [-0.25, -0.2) is 0 Å². The van der Waals surface area contributed by atoms with Crippen molar-refractivity contribution < 1.29 is 10.2 Å². The van der Waals surface area contributed by atoms with Crippen LogP contribution in [0.4, 0.5) is 0 Å². The number of phenolic OH excluding ortho intramolecular Hbond substituents is 1. The van der Waals surface area contributed by atoms with Crippen molar-refractivity contribution in [2.24, 2.45) is 0 Å². The highest BCUT2D eigenvalue weighted by Gasteiger charge is 2.15. The Morgan fingerprint density at radius 1 is 1.00 bits per heavy atom. The number of aromatic hydroxyl groups is 1. The Hall–Kier alpha value is -2.22. The molecule has 2 aromatic rings. The van der Waals surface area contributed by atoms with Gasteiger partial charge in [0.1, 0.15) is 5.75 Å². The lowest BCUT2D eigenvalue weighted by Crippen LogP contribution is -2.01. The third-order valence-corrected chi connectivity index (χ3v) is 4.59. The first-order chi connectivity index (χ1) is 10.7. The minimum absolute atomic E-state index is 0.212. The molecular weight excluding hydrogens is 284 g/mol. The molecule has 1 atom stereocenters. The average molecular weight is 310 g/mol. The van der Waals surface area contributed by atoms with Crippen LogP contribution in [0, 0.1) is 27.7 Å². The molecule has 2 heteroatoms. The molecule has 122 valence electrons. The Morgan fingerprint density at radius 3 is 2.09 bits per heavy atom. The molecule has 0 aromatic heterocycles. The smallest absolute Gasteiger partial charge is 0.116 e. The lowest BCUT2D eigenvalue weighted by atomic mass is 9.86. The van der Waals surface area contributed by atoms with Gasteiger partial charge in [0.05, 0.1) is 5.76 Å². The number of rotatable bonds is 4. The van der Waals surface area contributed by atoms with Gasteiger partial charge in [0.25, 0.3) is 0 Å². The Kier molecular flexibility index (Phi) is 4.84. The van der Waals surface area contributed by atoms with Crippen LogP contribution in [0.2, 0.25) is 0 Å². The molecule has 2 aromatic carbocycles. The molecule has 0 aliphatic carbocycles. The van der Waals surface area contributed by atoms with Crippen LogP contribution >= 0.6 is 0 Å². The molecule has 0 aliphatic heterocycles. The number of aryl methyl sites for hydroxylation is 3. The summed E-state index contributed by atoms with van der Waals surface area (Å²) in [6, 6.07) is 8.01. The predicted octanol–water partition coefficient (Wildman–Crippen LogP) is 5.86. The van der Waals surface area contributed by atoms with Gasteiger partial charge in [0.15, 0.2) is 0 Å². The van der Waals surface area contributed by atoms with Crippen LogP contribution in [0.1, 0.15) is 47.1 Å². The number of hydrogen-bond acceptors (Lipinski definition) is 2. The van der Waals surface area contributed by atoms with Crippen LogP contribution in [-0.4, -0.2) is 10.2 Å². The summed E-state index contributed by atoms with van der Waals surface area (Å²) < 4.78 is 0. The van der Waals surface area contributed by atoms with Gasteiger partial charge >= 0.3 is 0 Å². The van der Waals surface area contributed by atoms with Crippen LogP contribution in [0.3, 0.4) is 0 Å². The fourth-order valence-electron chi connectivity index (χ4n) is 3.40. The lowest BCUT2D eigenvalue weighted by Gasteiger charge is -2.20. The summed E-state index contributed by atoms with van der Waals surface area (Å²) in [5, 5.41) is 19.3. The molecule has 0 unspecified atom stereocenters. The normalized spacial score (nSPS) is 12.2. The van der Waals surface area contributed by atoms with Gasteiger partial charge in [-0.05, 0) is 84.7 Å². The third-order valence-electron chi connectivity index (χ3n) is 4.59. The van der Waals surface area contributed by atoms with Crippen molar-refractivity contribution >= 4 is 0 Å². The molecule has 0 amide bonds. The molecule has 0 aliphatic rings. The molecule has 0 fully saturated rings. The molecule has 0 saturated heterocycles. The Morgan fingerprint density at radius 2 is 1.57 bits per heavy atom. The molecule has 2 nitrogen and oxygen atoms in total. The van der Waals surface area contributed by atoms with Crippen molar-refractivity contribution in [2.45, 2.75) is 47.0 Å². The molecule has 23 heavy (non-hydrogen) atoms. The first-order valence-corrected chi connectivity index (χ1v) is 7.99. The monoisotopic (exact) mass is 310 g/mol. The lowest BCUT2D eigenvalue weighted by molar-refractivity contribution is 0.380. The molecule has 0 heterocycles. The second-order valence-electron chi connectivity index (χ2n) is 6.63. The van der Waals surface area contributed by atoms with Gasteiger partial charge < -0.3 is 10.2 Å². The summed E-state index contributed by atoms with van der Waals surface area (Å²) in [6.07, 6.45) is 0.567. The summed E-state index contributed by atoms with van der Waals surface area (Å²) in [5.41, 5.74) is 8.20. The Labute approximate surface area is 139 Å². The fraction of sp³-hybridized carbons (Fsp3) is 0.333. The maximum absolute atomic E-state index is 9.77. The van der Waals surface area contributed by atoms with E-state index in [2.05, 4.69) is 39.5 Å². The number of aliphatic hydroxyl groups is 1. The highest BCUT2D eigenvalue weighted by atomic mass is 16.3. The first kappa shape index (κ1) is 17.1. The molecular formula is C21H26O2. The first-order valence-electron chi connectivity index (χ1n) is 7.99. The summed E-state index contributed by atoms with van der Waals surface area (Å²) in [4.78, 5) is 0. The summed E-state index contributed by atoms with van der Waals surface area (Å²) in [6.45, 7) is 14.0. The van der Waals surface area contributed by atoms with E-state index >= 15 is 0 Å². The van der Waals surface area contributed by atoms with Gasteiger partial charge in [-0.15, -0.1) is 0 Å². The molecule has 0 saturated carbocycles. The minimum Gasteiger partial charge on any atom is -0.513 e. The molecule has 0 radical (unpaired) electrons. The Bertz CT molecular complexity index is 734. The van der Waals surface area contributed by atoms with Crippen molar-refractivity contribution in [1.82, 2.24) is 0 Å². The Balaban J connectivity index is 2.62. The standard InChI is InChI=1S/C21H26O2/c1-12-8-18(21-14(3)9-19(23)10-15(21)4)11-20(17(12)6)13(2)7-16(5)22/h8-11,13,22-23H,5,7H2,1-4,6H3/t13-/m0/s1. The van der Waals surface area contributed by atoms with Crippen molar-refractivity contribution in [1.29, 1.82) is 0 Å². The largest absolute Gasteiger partial charge is 0.513 e. The maximum Gasteiger partial charge on any atom is 0.116 e. The fourth-order valence-corrected chi connectivity index (χ4v) is 3.40. The second kappa shape index (κ2) is 6.49. The highest BCUT2D eigenvalue weighted by molar-refractivity contribution is 5.73. The molecule has 2 rings (SSSR count). The van der Waals surface area contributed by atoms with Gasteiger partial charge in [-0.2, -0.15) is 0 Å². The van der Waals surface area contributed by atoms with E-state index in [0.29, 0.717) is 12.2 Å². The quantitative estimate of drug-likeness (QED) is 0.694. The minimum atomic E-state index is 0.212. The summed E-state index contributed by atoms with van der Waals surface area (Å²) in [5.74, 6) is 0.735. The predicted molar refractivity (Wildman–Crippen MR) is 97.3 cm³/mol. The number of phenols is 1. The SMILES string of the molecule is C=C(O)C[C@H](C)c1cc(-c2c(C)cc(O)cc2C)cc(C)c1C. The summed E-state index contributed by atoms with van der Waals surface area (Å²) >= 11 is 0. The van der Waals surface area contributed by atoms with Crippen LogP contribution in [0.15, 0.2) is 36.6 Å². The maximum atomic E-state index is 9.77. The van der Waals surface area contributed by atoms with E-state index in [-0.39, 0.29) is 11.7 Å². The number of benzene rings is 2. The second-order valence-corrected chi connectivity index (χ2v) is 6.63. The van der Waals surface area contributed by atoms with Crippen LogP contribution in [0.5, 0.6) is 5.75 Å². The van der Waals surface area contributed by atoms with Crippen molar-refractivity contribution in [3.8, 4) is 16.9 Å². The van der Waals surface area contributed by atoms with Crippen LogP contribution in [0.25, 0.3) is 11.1 Å². The van der Waals surface area contributed by atoms with Crippen molar-refractivity contribution in [3.63, 3.8) is 0 Å². The van der Waals surface area contributed by atoms with E-state index in [9.17, 15) is 10.2 Å². The number of hydrogen-bond donors (Lipinski definition) is 2. The number of aliphatic hydroxyl groups excluding tert-OH is 1. The van der Waals surface area contributed by atoms with Crippen molar-refractivity contribution in [2.75, 3.05) is 0 Å². The summed E-state index contributed by atoms with van der Waals surface area (Å²) in [7, 11) is 0. The molecule has 0 bridgehead atoms. The molecule has 2 N–H and O–H groups in total. The van der Waals surface area contributed by atoms with Gasteiger partial charge in [0, 0.05) is 6.42 Å². The topological polar surface area (TPSA) is 40.5 Å². The van der Waals surface area contributed by atoms with E-state index in [1.54, 1.807) is 12.1 Å². The van der Waals surface area contributed by atoms with Crippen molar-refractivity contribution in [3.05, 3.63) is 64.4 Å². The van der Waals surface area contributed by atoms with Gasteiger partial charge in [-0.1, -0.05) is 25.6 Å². The highest BCUT2D eigenvalue weighted by Crippen LogP contribution is 2.35. The third kappa shape index (κ3) is 3.58. The zero-order chi connectivity index (χ0) is 17.3. The van der Waals surface area contributed by atoms with Gasteiger partial charge in [0.2, 0.25) is 0 Å². The number of allylic oxidation sites excluding steroid dienone is 1. The van der Waals surface area contributed by atoms with Crippen LogP contribution in [-0.2, 0) is 0 Å². The zero-order valence-corrected chi connectivity index (χ0v) is 14.7. The van der Waals surface area contributed by atoms with E-state index in [0.717, 1.165) is 16.7 Å². The van der Waals surface area contributed by atoms with E-state index in [4.69, 9.17) is 0 Å². The average Bonchev–Trinajstić information content (AvgIpc) is 2.40. The van der Waals surface area contributed by atoms with E-state index in [1.807, 2.05) is 13.8 Å². The molecule has 0 spiro atoms. The van der Waals surface area contributed by atoms with E-state index < -0.39 is 0 Å². The van der Waals surface area contributed by atoms with Crippen LogP contribution < -0.4 is 0 Å². The zero-order valence-electron chi connectivity index (χ0n) is 14.7.